The number of unbranched alkanes of at least 4 members (excludes halogenated alkanes) is 3. The minimum atomic E-state index is -0.985. The molecule has 1 aliphatic carbocycles. The molecular formula is C49H58N10O8. The van der Waals surface area contributed by atoms with Crippen LogP contribution in [0.5, 0.6) is 5.75 Å². The number of piperidine rings is 2. The molecule has 0 spiro atoms. The first-order valence-electron chi connectivity index (χ1n) is 23.6. The molecule has 3 saturated heterocycles. The van der Waals surface area contributed by atoms with Gasteiger partial charge in [0.15, 0.2) is 5.82 Å². The SMILES string of the molecule is CCOc1cc(C(=O)N2CCC(N3CCN(CCCCCCOC4CC=CC5=C4C(=O)N(C4CCC(=O)NC4=O)C5=O)CC3)CC2)ccc1Nc1ncc2c(n1)Nc1ccccc1C(=O)N2C. The molecule has 0 bridgehead atoms. The van der Waals surface area contributed by atoms with E-state index in [0.29, 0.717) is 90.0 Å². The maximum Gasteiger partial charge on any atom is 0.262 e. The van der Waals surface area contributed by atoms with E-state index in [1.165, 1.54) is 4.90 Å². The van der Waals surface area contributed by atoms with Crippen molar-refractivity contribution in [3.8, 4) is 5.75 Å². The number of likely N-dealkylation sites (tertiary alicyclic amines) is 1. The molecule has 18 heteroatoms. The summed E-state index contributed by atoms with van der Waals surface area (Å²) in [6, 6.07) is 12.2. The van der Waals surface area contributed by atoms with Gasteiger partial charge in [0.1, 0.15) is 17.5 Å². The number of hydrogen-bond donors (Lipinski definition) is 3. The number of fused-ring (bicyclic) bond motifs is 2. The predicted octanol–water partition coefficient (Wildman–Crippen LogP) is 4.55. The number of piperazine rings is 1. The number of nitrogens with zero attached hydrogens (tertiary/aromatic N) is 7. The lowest BCUT2D eigenvalue weighted by molar-refractivity contribution is -0.150. The van der Waals surface area contributed by atoms with Crippen molar-refractivity contribution in [3.05, 3.63) is 83.1 Å². The Morgan fingerprint density at radius 3 is 2.46 bits per heavy atom. The predicted molar refractivity (Wildman–Crippen MR) is 249 cm³/mol. The number of aromatic nitrogens is 2. The summed E-state index contributed by atoms with van der Waals surface area (Å²) in [6.45, 7) is 9.29. The largest absolute Gasteiger partial charge is 0.492 e. The molecule has 3 N–H and O–H groups in total. The lowest BCUT2D eigenvalue weighted by Gasteiger charge is -2.42. The van der Waals surface area contributed by atoms with Crippen molar-refractivity contribution >= 4 is 64.3 Å². The Hall–Kier alpha value is -6.50. The van der Waals surface area contributed by atoms with Crippen molar-refractivity contribution in [1.82, 2.24) is 34.9 Å². The Kier molecular flexibility index (Phi) is 13.7. The van der Waals surface area contributed by atoms with E-state index in [2.05, 4.69) is 30.7 Å². The van der Waals surface area contributed by atoms with Gasteiger partial charge in [-0.2, -0.15) is 4.98 Å². The van der Waals surface area contributed by atoms with Crippen LogP contribution in [0, 0.1) is 0 Å². The van der Waals surface area contributed by atoms with Crippen LogP contribution in [-0.2, 0) is 23.9 Å². The number of rotatable bonds is 15. The number of carbonyl (C=O) groups is 6. The number of nitrogens with one attached hydrogen (secondary N) is 3. The number of imide groups is 2. The lowest BCUT2D eigenvalue weighted by Crippen LogP contribution is -2.55. The number of ether oxygens (including phenoxy) is 2. The smallest absolute Gasteiger partial charge is 0.262 e. The van der Waals surface area contributed by atoms with E-state index in [-0.39, 0.29) is 30.2 Å². The fraction of sp³-hybridized carbons (Fsp3) is 0.469. The highest BCUT2D eigenvalue weighted by Crippen LogP contribution is 2.37. The van der Waals surface area contributed by atoms with E-state index in [4.69, 9.17) is 14.5 Å². The van der Waals surface area contributed by atoms with Gasteiger partial charge in [0, 0.05) is 70.9 Å². The molecule has 2 aromatic carbocycles. The normalized spacial score (nSPS) is 21.5. The van der Waals surface area contributed by atoms with Crippen molar-refractivity contribution in [2.75, 3.05) is 81.6 Å². The molecular weight excluding hydrogens is 857 g/mol. The van der Waals surface area contributed by atoms with E-state index in [0.717, 1.165) is 76.1 Å². The van der Waals surface area contributed by atoms with E-state index in [1.807, 2.05) is 48.2 Å². The second kappa shape index (κ2) is 20.2. The summed E-state index contributed by atoms with van der Waals surface area (Å²) in [5.74, 6) is -0.861. The van der Waals surface area contributed by atoms with E-state index in [9.17, 15) is 28.8 Å². The van der Waals surface area contributed by atoms with Crippen LogP contribution in [0.3, 0.4) is 0 Å². The van der Waals surface area contributed by atoms with Gasteiger partial charge in [-0.25, -0.2) is 4.98 Å². The van der Waals surface area contributed by atoms with Crippen molar-refractivity contribution < 1.29 is 38.2 Å². The summed E-state index contributed by atoms with van der Waals surface area (Å²) in [6.07, 6.45) is 11.1. The molecule has 6 heterocycles. The standard InChI is InChI=1S/C49H58N10O8/c1-3-66-40-29-31(15-16-36(40)52-49-50-30-38-43(54-49)51-35-13-7-6-11-33(35)46(63)55(38)2)45(62)58-22-19-32(20-23-58)57-26-24-56(25-27-57)21-8-4-5-9-28-67-39-14-10-12-34-42(39)48(65)59(47(34)64)37-17-18-41(60)53-44(37)61/h6-7,10-13,15-16,29-30,32,37,39H,3-5,8-9,14,17-28H2,1-2H3,(H,53,60,61)(H2,50,51,52,54). The molecule has 3 fully saturated rings. The third kappa shape index (κ3) is 9.69. The Bertz CT molecular complexity index is 2490. The Morgan fingerprint density at radius 1 is 0.881 bits per heavy atom. The minimum Gasteiger partial charge on any atom is -0.492 e. The summed E-state index contributed by atoms with van der Waals surface area (Å²) in [5, 5.41) is 8.78. The molecule has 352 valence electrons. The van der Waals surface area contributed by atoms with Crippen LogP contribution in [0.15, 0.2) is 72.0 Å². The number of anilines is 5. The fourth-order valence-corrected chi connectivity index (χ4v) is 9.95. The molecule has 0 saturated carbocycles. The van der Waals surface area contributed by atoms with Gasteiger partial charge in [-0.1, -0.05) is 37.1 Å². The van der Waals surface area contributed by atoms with Crippen LogP contribution < -0.4 is 25.6 Å². The van der Waals surface area contributed by atoms with Gasteiger partial charge in [-0.15, -0.1) is 0 Å². The van der Waals surface area contributed by atoms with E-state index >= 15 is 0 Å². The highest BCUT2D eigenvalue weighted by atomic mass is 16.5. The van der Waals surface area contributed by atoms with E-state index in [1.54, 1.807) is 31.5 Å². The Labute approximate surface area is 389 Å². The molecule has 2 atom stereocenters. The van der Waals surface area contributed by atoms with Crippen LogP contribution in [0.1, 0.15) is 85.4 Å². The fourth-order valence-electron chi connectivity index (χ4n) is 9.95. The highest BCUT2D eigenvalue weighted by Gasteiger charge is 2.48. The molecule has 5 aliphatic heterocycles. The Balaban J connectivity index is 0.682. The summed E-state index contributed by atoms with van der Waals surface area (Å²) in [7, 11) is 1.70. The third-order valence-electron chi connectivity index (χ3n) is 13.7. The number of hydrogen-bond acceptors (Lipinski definition) is 14. The highest BCUT2D eigenvalue weighted by molar-refractivity contribution is 6.23. The number of para-hydroxylation sites is 1. The molecule has 0 radical (unpaired) electrons. The number of benzene rings is 2. The second-order valence-electron chi connectivity index (χ2n) is 17.8. The second-order valence-corrected chi connectivity index (χ2v) is 17.8. The minimum absolute atomic E-state index is 0.0179. The number of carbonyl (C=O) groups excluding carboxylic acids is 6. The molecule has 6 aliphatic rings. The van der Waals surface area contributed by atoms with Gasteiger partial charge >= 0.3 is 0 Å². The maximum atomic E-state index is 13.8. The van der Waals surface area contributed by atoms with Gasteiger partial charge in [0.2, 0.25) is 17.8 Å². The summed E-state index contributed by atoms with van der Waals surface area (Å²) in [4.78, 5) is 96.3. The van der Waals surface area contributed by atoms with Crippen LogP contribution in [0.2, 0.25) is 0 Å². The van der Waals surface area contributed by atoms with Crippen molar-refractivity contribution in [2.45, 2.75) is 82.9 Å². The quantitative estimate of drug-likeness (QED) is 0.142. The Morgan fingerprint density at radius 2 is 1.67 bits per heavy atom. The first-order chi connectivity index (χ1) is 32.6. The van der Waals surface area contributed by atoms with Crippen LogP contribution in [0.25, 0.3) is 0 Å². The van der Waals surface area contributed by atoms with Crippen LogP contribution in [-0.4, -0.2) is 149 Å². The van der Waals surface area contributed by atoms with Crippen molar-refractivity contribution in [1.29, 1.82) is 0 Å². The summed E-state index contributed by atoms with van der Waals surface area (Å²) >= 11 is 0. The summed E-state index contributed by atoms with van der Waals surface area (Å²) in [5.41, 5.74) is 3.54. The van der Waals surface area contributed by atoms with Gasteiger partial charge in [0.05, 0.1) is 47.0 Å². The third-order valence-corrected chi connectivity index (χ3v) is 13.7. The molecule has 9 rings (SSSR count). The van der Waals surface area contributed by atoms with Crippen molar-refractivity contribution in [3.63, 3.8) is 0 Å². The van der Waals surface area contributed by atoms with Gasteiger partial charge < -0.3 is 34.8 Å². The zero-order valence-corrected chi connectivity index (χ0v) is 38.1. The monoisotopic (exact) mass is 914 g/mol. The molecule has 3 aromatic rings. The van der Waals surface area contributed by atoms with Gasteiger partial charge in [-0.05, 0) is 82.3 Å². The molecule has 67 heavy (non-hydrogen) atoms. The molecule has 18 nitrogen and oxygen atoms in total. The average molecular weight is 915 g/mol. The molecule has 2 unspecified atom stereocenters. The lowest BCUT2D eigenvalue weighted by atomic mass is 9.96. The average Bonchev–Trinajstić information content (AvgIpc) is 3.54. The summed E-state index contributed by atoms with van der Waals surface area (Å²) < 4.78 is 12.1. The maximum absolute atomic E-state index is 13.8. The number of amides is 6. The van der Waals surface area contributed by atoms with Crippen molar-refractivity contribution in [2.24, 2.45) is 0 Å². The van der Waals surface area contributed by atoms with Gasteiger partial charge in [-0.3, -0.25) is 43.9 Å². The zero-order valence-electron chi connectivity index (χ0n) is 38.1. The van der Waals surface area contributed by atoms with Crippen LogP contribution >= 0.6 is 0 Å². The van der Waals surface area contributed by atoms with E-state index < -0.39 is 35.8 Å². The zero-order chi connectivity index (χ0) is 46.6. The molecule has 1 aromatic heterocycles. The van der Waals surface area contributed by atoms with Crippen LogP contribution in [0.4, 0.5) is 28.8 Å². The van der Waals surface area contributed by atoms with Gasteiger partial charge in [0.25, 0.3) is 23.6 Å². The topological polar surface area (TPSA) is 199 Å². The molecule has 6 amide bonds. The first-order valence-corrected chi connectivity index (χ1v) is 23.6. The first kappa shape index (κ1) is 45.6.